The predicted octanol–water partition coefficient (Wildman–Crippen LogP) is 3.10. The Bertz CT molecular complexity index is 586. The van der Waals surface area contributed by atoms with Crippen molar-refractivity contribution in [3.05, 3.63) is 58.9 Å². The third-order valence-corrected chi connectivity index (χ3v) is 3.17. The first-order valence-corrected chi connectivity index (χ1v) is 6.45. The van der Waals surface area contributed by atoms with Gasteiger partial charge in [-0.25, -0.2) is 4.79 Å². The van der Waals surface area contributed by atoms with Crippen LogP contribution in [0.25, 0.3) is 0 Å². The van der Waals surface area contributed by atoms with Crippen molar-refractivity contribution in [2.24, 2.45) is 0 Å². The van der Waals surface area contributed by atoms with Crippen LogP contribution in [0.4, 0.5) is 5.69 Å². The SMILES string of the molecule is COC(=O)c1ccc(CNc2c(C)cccc2C)nc1. The Morgan fingerprint density at radius 1 is 1.20 bits per heavy atom. The molecule has 1 aromatic heterocycles. The second kappa shape index (κ2) is 6.19. The van der Waals surface area contributed by atoms with Crippen molar-refractivity contribution in [1.29, 1.82) is 0 Å². The van der Waals surface area contributed by atoms with Gasteiger partial charge in [0, 0.05) is 11.9 Å². The second-order valence-corrected chi connectivity index (χ2v) is 4.65. The normalized spacial score (nSPS) is 10.2. The molecule has 0 radical (unpaired) electrons. The van der Waals surface area contributed by atoms with Crippen molar-refractivity contribution < 1.29 is 9.53 Å². The molecule has 0 amide bonds. The number of anilines is 1. The summed E-state index contributed by atoms with van der Waals surface area (Å²) in [6, 6.07) is 9.74. The molecule has 2 aromatic rings. The van der Waals surface area contributed by atoms with E-state index in [9.17, 15) is 4.79 Å². The number of ether oxygens (including phenoxy) is 1. The van der Waals surface area contributed by atoms with Crippen molar-refractivity contribution in [3.8, 4) is 0 Å². The van der Waals surface area contributed by atoms with E-state index in [-0.39, 0.29) is 5.97 Å². The van der Waals surface area contributed by atoms with Crippen molar-refractivity contribution in [2.75, 3.05) is 12.4 Å². The van der Waals surface area contributed by atoms with Crippen LogP contribution in [-0.2, 0) is 11.3 Å². The first kappa shape index (κ1) is 14.1. The van der Waals surface area contributed by atoms with Gasteiger partial charge in [0.15, 0.2) is 0 Å². The molecular weight excluding hydrogens is 252 g/mol. The molecule has 0 saturated heterocycles. The average Bonchev–Trinajstić information content (AvgIpc) is 2.46. The van der Waals surface area contributed by atoms with Crippen LogP contribution >= 0.6 is 0 Å². The van der Waals surface area contributed by atoms with Gasteiger partial charge in [0.25, 0.3) is 0 Å². The van der Waals surface area contributed by atoms with E-state index in [1.54, 1.807) is 6.07 Å². The summed E-state index contributed by atoms with van der Waals surface area (Å²) in [5.41, 5.74) is 4.88. The molecule has 1 aromatic carbocycles. The molecule has 0 aliphatic carbocycles. The number of carbonyl (C=O) groups excluding carboxylic acids is 1. The van der Waals surface area contributed by atoms with Crippen LogP contribution in [0.1, 0.15) is 27.2 Å². The number of aromatic nitrogens is 1. The van der Waals surface area contributed by atoms with Gasteiger partial charge in [-0.2, -0.15) is 0 Å². The van der Waals surface area contributed by atoms with Gasteiger partial charge in [-0.1, -0.05) is 18.2 Å². The molecule has 4 heteroatoms. The summed E-state index contributed by atoms with van der Waals surface area (Å²) < 4.78 is 4.64. The standard InChI is InChI=1S/C16H18N2O2/c1-11-5-4-6-12(2)15(11)18-10-14-8-7-13(9-17-14)16(19)20-3/h4-9,18H,10H2,1-3H3. The second-order valence-electron chi connectivity index (χ2n) is 4.65. The molecule has 4 nitrogen and oxygen atoms in total. The smallest absolute Gasteiger partial charge is 0.339 e. The zero-order valence-electron chi connectivity index (χ0n) is 11.9. The van der Waals surface area contributed by atoms with E-state index in [1.165, 1.54) is 24.4 Å². The molecule has 0 atom stereocenters. The van der Waals surface area contributed by atoms with Crippen molar-refractivity contribution in [1.82, 2.24) is 4.98 Å². The summed E-state index contributed by atoms with van der Waals surface area (Å²) in [6.07, 6.45) is 1.54. The minimum atomic E-state index is -0.369. The van der Waals surface area contributed by atoms with Gasteiger partial charge in [0.05, 0.1) is 24.9 Å². The number of hydrogen-bond donors (Lipinski definition) is 1. The summed E-state index contributed by atoms with van der Waals surface area (Å²) in [6.45, 7) is 4.76. The van der Waals surface area contributed by atoms with Gasteiger partial charge in [0.2, 0.25) is 0 Å². The summed E-state index contributed by atoms with van der Waals surface area (Å²) in [5.74, 6) is -0.369. The Balaban J connectivity index is 2.06. The molecule has 0 aliphatic heterocycles. The number of esters is 1. The number of methoxy groups -OCH3 is 1. The summed E-state index contributed by atoms with van der Waals surface area (Å²) in [4.78, 5) is 15.6. The van der Waals surface area contributed by atoms with Crippen molar-refractivity contribution in [2.45, 2.75) is 20.4 Å². The maximum atomic E-state index is 11.3. The molecule has 104 valence electrons. The molecule has 0 bridgehead atoms. The lowest BCUT2D eigenvalue weighted by molar-refractivity contribution is 0.0600. The van der Waals surface area contributed by atoms with Gasteiger partial charge in [-0.05, 0) is 37.1 Å². The fourth-order valence-corrected chi connectivity index (χ4v) is 2.04. The fourth-order valence-electron chi connectivity index (χ4n) is 2.04. The molecule has 0 fully saturated rings. The number of nitrogens with one attached hydrogen (secondary N) is 1. The summed E-state index contributed by atoms with van der Waals surface area (Å²) in [5, 5.41) is 3.38. The highest BCUT2D eigenvalue weighted by Gasteiger charge is 2.06. The maximum absolute atomic E-state index is 11.3. The molecule has 1 N–H and O–H groups in total. The van der Waals surface area contributed by atoms with Crippen LogP contribution in [0.15, 0.2) is 36.5 Å². The third-order valence-electron chi connectivity index (χ3n) is 3.17. The Labute approximate surface area is 118 Å². The van der Waals surface area contributed by atoms with Crippen LogP contribution in [0.5, 0.6) is 0 Å². The molecular formula is C16H18N2O2. The van der Waals surface area contributed by atoms with Crippen LogP contribution in [-0.4, -0.2) is 18.1 Å². The number of pyridine rings is 1. The molecule has 0 aliphatic rings. The Hall–Kier alpha value is -2.36. The first-order chi connectivity index (χ1) is 9.61. The minimum Gasteiger partial charge on any atom is -0.465 e. The Morgan fingerprint density at radius 2 is 1.90 bits per heavy atom. The zero-order chi connectivity index (χ0) is 14.5. The molecule has 1 heterocycles. The summed E-state index contributed by atoms with van der Waals surface area (Å²) >= 11 is 0. The number of nitrogens with zero attached hydrogens (tertiary/aromatic N) is 1. The average molecular weight is 270 g/mol. The minimum absolute atomic E-state index is 0.369. The fraction of sp³-hybridized carbons (Fsp3) is 0.250. The number of benzene rings is 1. The van der Waals surface area contributed by atoms with Gasteiger partial charge >= 0.3 is 5.97 Å². The van der Waals surface area contributed by atoms with E-state index in [2.05, 4.69) is 41.0 Å². The topological polar surface area (TPSA) is 51.2 Å². The highest BCUT2D eigenvalue weighted by molar-refractivity contribution is 5.88. The molecule has 0 spiro atoms. The first-order valence-electron chi connectivity index (χ1n) is 6.45. The maximum Gasteiger partial charge on any atom is 0.339 e. The molecule has 20 heavy (non-hydrogen) atoms. The van der Waals surface area contributed by atoms with E-state index < -0.39 is 0 Å². The number of para-hydroxylation sites is 1. The van der Waals surface area contributed by atoms with Gasteiger partial charge in [-0.15, -0.1) is 0 Å². The van der Waals surface area contributed by atoms with Crippen molar-refractivity contribution in [3.63, 3.8) is 0 Å². The lowest BCUT2D eigenvalue weighted by Crippen LogP contribution is -2.06. The lowest BCUT2D eigenvalue weighted by Gasteiger charge is -2.12. The third kappa shape index (κ3) is 3.15. The quantitative estimate of drug-likeness (QED) is 0.867. The van der Waals surface area contributed by atoms with Crippen LogP contribution in [0.2, 0.25) is 0 Å². The molecule has 0 unspecified atom stereocenters. The number of hydrogen-bond acceptors (Lipinski definition) is 4. The van der Waals surface area contributed by atoms with Crippen LogP contribution in [0.3, 0.4) is 0 Å². The zero-order valence-corrected chi connectivity index (χ0v) is 11.9. The highest BCUT2D eigenvalue weighted by Crippen LogP contribution is 2.19. The van der Waals surface area contributed by atoms with Gasteiger partial charge in [0.1, 0.15) is 0 Å². The van der Waals surface area contributed by atoms with E-state index in [0.717, 1.165) is 11.4 Å². The van der Waals surface area contributed by atoms with Gasteiger partial charge < -0.3 is 10.1 Å². The van der Waals surface area contributed by atoms with Crippen LogP contribution < -0.4 is 5.32 Å². The lowest BCUT2D eigenvalue weighted by atomic mass is 10.1. The highest BCUT2D eigenvalue weighted by atomic mass is 16.5. The van der Waals surface area contributed by atoms with Crippen molar-refractivity contribution >= 4 is 11.7 Å². The van der Waals surface area contributed by atoms with E-state index in [1.807, 2.05) is 12.1 Å². The van der Waals surface area contributed by atoms with Gasteiger partial charge in [-0.3, -0.25) is 4.98 Å². The molecule has 0 saturated carbocycles. The Morgan fingerprint density at radius 3 is 2.45 bits per heavy atom. The number of rotatable bonds is 4. The predicted molar refractivity (Wildman–Crippen MR) is 78.8 cm³/mol. The van der Waals surface area contributed by atoms with E-state index in [4.69, 9.17) is 0 Å². The largest absolute Gasteiger partial charge is 0.465 e. The monoisotopic (exact) mass is 270 g/mol. The summed E-state index contributed by atoms with van der Waals surface area (Å²) in [7, 11) is 1.36. The number of carbonyl (C=O) groups is 1. The molecule has 2 rings (SSSR count). The van der Waals surface area contributed by atoms with E-state index in [0.29, 0.717) is 12.1 Å². The Kier molecular flexibility index (Phi) is 4.35. The van der Waals surface area contributed by atoms with Crippen LogP contribution in [0, 0.1) is 13.8 Å². The number of aryl methyl sites for hydroxylation is 2. The van der Waals surface area contributed by atoms with E-state index >= 15 is 0 Å².